The third-order valence-electron chi connectivity index (χ3n) is 2.28. The molecule has 3 N–H and O–H groups in total. The molecule has 0 saturated heterocycles. The van der Waals surface area contributed by atoms with Crippen LogP contribution in [0.5, 0.6) is 0 Å². The standard InChI is InChI=1S/C10H17N3O4S/c1-17-8-6-13(5-7-14)18(15,16)10-9(11)3-2-4-12-10/h2-4,14H,5-8,11H2,1H3. The molecule has 1 aromatic heterocycles. The van der Waals surface area contributed by atoms with Crippen LogP contribution in [0.4, 0.5) is 5.69 Å². The van der Waals surface area contributed by atoms with Gasteiger partial charge >= 0.3 is 0 Å². The monoisotopic (exact) mass is 275 g/mol. The van der Waals surface area contributed by atoms with Gasteiger partial charge in [0, 0.05) is 26.4 Å². The van der Waals surface area contributed by atoms with Crippen LogP contribution in [0.25, 0.3) is 0 Å². The maximum Gasteiger partial charge on any atom is 0.262 e. The summed E-state index contributed by atoms with van der Waals surface area (Å²) in [5.41, 5.74) is 5.69. The number of methoxy groups -OCH3 is 1. The van der Waals surface area contributed by atoms with Crippen LogP contribution in [0.3, 0.4) is 0 Å². The summed E-state index contributed by atoms with van der Waals surface area (Å²) in [6.45, 7) is 0.0543. The number of aliphatic hydroxyl groups excluding tert-OH is 1. The summed E-state index contributed by atoms with van der Waals surface area (Å²) in [4.78, 5) is 3.78. The molecule has 0 amide bonds. The third kappa shape index (κ3) is 3.39. The molecule has 0 aliphatic rings. The number of sulfonamides is 1. The van der Waals surface area contributed by atoms with Crippen molar-refractivity contribution in [1.82, 2.24) is 9.29 Å². The lowest BCUT2D eigenvalue weighted by Crippen LogP contribution is -2.37. The highest BCUT2D eigenvalue weighted by molar-refractivity contribution is 7.89. The zero-order chi connectivity index (χ0) is 13.6. The number of hydrogen-bond acceptors (Lipinski definition) is 6. The van der Waals surface area contributed by atoms with Crippen molar-refractivity contribution in [3.63, 3.8) is 0 Å². The smallest absolute Gasteiger partial charge is 0.262 e. The van der Waals surface area contributed by atoms with Crippen LogP contribution in [0.1, 0.15) is 0 Å². The minimum absolute atomic E-state index is 0.0261. The first-order chi connectivity index (χ1) is 8.54. The van der Waals surface area contributed by atoms with Gasteiger partial charge in [-0.3, -0.25) is 0 Å². The van der Waals surface area contributed by atoms with Gasteiger partial charge in [-0.25, -0.2) is 13.4 Å². The molecule has 18 heavy (non-hydrogen) atoms. The second-order valence-electron chi connectivity index (χ2n) is 3.52. The number of aromatic nitrogens is 1. The van der Waals surface area contributed by atoms with Gasteiger partial charge in [0.25, 0.3) is 10.0 Å². The zero-order valence-electron chi connectivity index (χ0n) is 10.1. The third-order valence-corrected chi connectivity index (χ3v) is 4.15. The van der Waals surface area contributed by atoms with Crippen LogP contribution in [0, 0.1) is 0 Å². The Labute approximate surface area is 106 Å². The van der Waals surface area contributed by atoms with Crippen LogP contribution in [0.15, 0.2) is 23.4 Å². The molecule has 0 spiro atoms. The van der Waals surface area contributed by atoms with Crippen LogP contribution in [-0.2, 0) is 14.8 Å². The fraction of sp³-hybridized carbons (Fsp3) is 0.500. The van der Waals surface area contributed by atoms with Gasteiger partial charge in [0.05, 0.1) is 18.9 Å². The highest BCUT2D eigenvalue weighted by Crippen LogP contribution is 2.18. The number of ether oxygens (including phenoxy) is 1. The van der Waals surface area contributed by atoms with Crippen LogP contribution in [-0.4, -0.2) is 56.2 Å². The van der Waals surface area contributed by atoms with Gasteiger partial charge in [-0.15, -0.1) is 0 Å². The average molecular weight is 275 g/mol. The minimum atomic E-state index is -3.81. The van der Waals surface area contributed by atoms with Gasteiger partial charge in [0.2, 0.25) is 0 Å². The summed E-state index contributed by atoms with van der Waals surface area (Å²) in [6, 6.07) is 3.02. The molecule has 0 aromatic carbocycles. The molecule has 0 radical (unpaired) electrons. The Morgan fingerprint density at radius 3 is 2.78 bits per heavy atom. The number of aliphatic hydroxyl groups is 1. The van der Waals surface area contributed by atoms with Gasteiger partial charge in [0.1, 0.15) is 0 Å². The van der Waals surface area contributed by atoms with E-state index in [2.05, 4.69) is 4.98 Å². The van der Waals surface area contributed by atoms with E-state index in [9.17, 15) is 8.42 Å². The molecule has 0 unspecified atom stereocenters. The largest absolute Gasteiger partial charge is 0.396 e. The van der Waals surface area contributed by atoms with E-state index in [4.69, 9.17) is 15.6 Å². The van der Waals surface area contributed by atoms with E-state index in [-0.39, 0.29) is 37.0 Å². The van der Waals surface area contributed by atoms with Gasteiger partial charge in [-0.05, 0) is 12.1 Å². The predicted octanol–water partition coefficient (Wildman–Crippen LogP) is -0.707. The van der Waals surface area contributed by atoms with E-state index in [0.717, 1.165) is 4.31 Å². The van der Waals surface area contributed by atoms with E-state index in [1.807, 2.05) is 0 Å². The summed E-state index contributed by atoms with van der Waals surface area (Å²) in [5.74, 6) is 0. The lowest BCUT2D eigenvalue weighted by molar-refractivity contribution is 0.168. The molecule has 7 nitrogen and oxygen atoms in total. The second-order valence-corrected chi connectivity index (χ2v) is 5.37. The number of nitrogens with zero attached hydrogens (tertiary/aromatic N) is 2. The molecule has 0 atom stereocenters. The molecule has 0 bridgehead atoms. The highest BCUT2D eigenvalue weighted by Gasteiger charge is 2.27. The normalized spacial score (nSPS) is 11.9. The molecular formula is C10H17N3O4S. The SMILES string of the molecule is COCCN(CCO)S(=O)(=O)c1ncccc1N. The average Bonchev–Trinajstić information content (AvgIpc) is 2.34. The fourth-order valence-corrected chi connectivity index (χ4v) is 2.84. The Hall–Kier alpha value is -1.22. The Kier molecular flexibility index (Phi) is 5.48. The number of hydrogen-bond donors (Lipinski definition) is 2. The number of nitrogens with two attached hydrogens (primary N) is 1. The van der Waals surface area contributed by atoms with Crippen molar-refractivity contribution >= 4 is 15.7 Å². The summed E-state index contributed by atoms with van der Waals surface area (Å²) in [5, 5.41) is 8.72. The Bertz CT molecular complexity index is 478. The summed E-state index contributed by atoms with van der Waals surface area (Å²) in [6.07, 6.45) is 1.36. The fourth-order valence-electron chi connectivity index (χ4n) is 1.40. The molecule has 0 aliphatic heterocycles. The van der Waals surface area contributed by atoms with Gasteiger partial charge in [-0.1, -0.05) is 0 Å². The lowest BCUT2D eigenvalue weighted by atomic mass is 10.4. The van der Waals surface area contributed by atoms with Crippen molar-refractivity contribution in [2.75, 3.05) is 39.1 Å². The first kappa shape index (κ1) is 14.8. The van der Waals surface area contributed by atoms with Crippen molar-refractivity contribution in [1.29, 1.82) is 0 Å². The maximum absolute atomic E-state index is 12.3. The highest BCUT2D eigenvalue weighted by atomic mass is 32.2. The van der Waals surface area contributed by atoms with Crippen molar-refractivity contribution in [2.45, 2.75) is 5.03 Å². The van der Waals surface area contributed by atoms with Crippen LogP contribution < -0.4 is 5.73 Å². The molecule has 1 heterocycles. The van der Waals surface area contributed by atoms with E-state index < -0.39 is 10.0 Å². The molecule has 102 valence electrons. The summed E-state index contributed by atoms with van der Waals surface area (Å²) >= 11 is 0. The van der Waals surface area contributed by atoms with Crippen molar-refractivity contribution in [3.05, 3.63) is 18.3 Å². The Morgan fingerprint density at radius 1 is 1.50 bits per heavy atom. The number of nitrogen functional groups attached to an aromatic ring is 1. The molecule has 0 fully saturated rings. The van der Waals surface area contributed by atoms with E-state index in [1.54, 1.807) is 6.07 Å². The first-order valence-corrected chi connectivity index (χ1v) is 6.78. The summed E-state index contributed by atoms with van der Waals surface area (Å²) < 4.78 is 30.5. The van der Waals surface area contributed by atoms with Crippen LogP contribution >= 0.6 is 0 Å². The predicted molar refractivity (Wildman–Crippen MR) is 66.4 cm³/mol. The molecule has 0 aliphatic carbocycles. The van der Waals surface area contributed by atoms with Crippen molar-refractivity contribution in [3.8, 4) is 0 Å². The number of pyridine rings is 1. The first-order valence-electron chi connectivity index (χ1n) is 5.34. The van der Waals surface area contributed by atoms with Crippen LogP contribution in [0.2, 0.25) is 0 Å². The van der Waals surface area contributed by atoms with Gasteiger partial charge in [-0.2, -0.15) is 4.31 Å². The van der Waals surface area contributed by atoms with Gasteiger partial charge in [0.15, 0.2) is 5.03 Å². The summed E-state index contributed by atoms with van der Waals surface area (Å²) in [7, 11) is -2.34. The number of rotatable bonds is 7. The quantitative estimate of drug-likeness (QED) is 0.681. The van der Waals surface area contributed by atoms with Crippen molar-refractivity contribution < 1.29 is 18.3 Å². The minimum Gasteiger partial charge on any atom is -0.396 e. The molecular weight excluding hydrogens is 258 g/mol. The Balaban J connectivity index is 3.05. The number of anilines is 1. The topological polar surface area (TPSA) is 106 Å². The van der Waals surface area contributed by atoms with E-state index >= 15 is 0 Å². The Morgan fingerprint density at radius 2 is 2.22 bits per heavy atom. The lowest BCUT2D eigenvalue weighted by Gasteiger charge is -2.20. The maximum atomic E-state index is 12.3. The van der Waals surface area contributed by atoms with Gasteiger partial charge < -0.3 is 15.6 Å². The zero-order valence-corrected chi connectivity index (χ0v) is 10.9. The molecule has 8 heteroatoms. The molecule has 0 saturated carbocycles. The van der Waals surface area contributed by atoms with E-state index in [0.29, 0.717) is 0 Å². The van der Waals surface area contributed by atoms with Crippen molar-refractivity contribution in [2.24, 2.45) is 0 Å². The van der Waals surface area contributed by atoms with E-state index in [1.165, 1.54) is 19.4 Å². The second kappa shape index (κ2) is 6.64. The molecule has 1 rings (SSSR count). The molecule has 1 aromatic rings.